The predicted octanol–water partition coefficient (Wildman–Crippen LogP) is 2.79. The van der Waals surface area contributed by atoms with Gasteiger partial charge in [0.1, 0.15) is 5.75 Å². The minimum absolute atomic E-state index is 0.141. The molecule has 136 valence electrons. The average molecular weight is 353 g/mol. The third-order valence-electron chi connectivity index (χ3n) is 4.41. The number of ether oxygens (including phenoxy) is 1. The Balaban J connectivity index is 1.61. The van der Waals surface area contributed by atoms with E-state index in [1.54, 1.807) is 13.3 Å². The van der Waals surface area contributed by atoms with Gasteiger partial charge in [-0.1, -0.05) is 12.1 Å². The summed E-state index contributed by atoms with van der Waals surface area (Å²) >= 11 is 0. The van der Waals surface area contributed by atoms with Gasteiger partial charge in [-0.25, -0.2) is 0 Å². The first kappa shape index (κ1) is 17.7. The van der Waals surface area contributed by atoms with Gasteiger partial charge in [0, 0.05) is 17.8 Å². The molecule has 0 unspecified atom stereocenters. The van der Waals surface area contributed by atoms with Crippen LogP contribution >= 0.6 is 0 Å². The first-order valence-corrected chi connectivity index (χ1v) is 8.56. The van der Waals surface area contributed by atoms with E-state index in [-0.39, 0.29) is 5.91 Å². The van der Waals surface area contributed by atoms with Crippen molar-refractivity contribution in [3.8, 4) is 17.0 Å². The van der Waals surface area contributed by atoms with Crippen LogP contribution in [0.3, 0.4) is 0 Å². The molecule has 0 aliphatic heterocycles. The molecule has 2 aromatic heterocycles. The van der Waals surface area contributed by atoms with Gasteiger partial charge in [-0.2, -0.15) is 10.2 Å². The van der Waals surface area contributed by atoms with Crippen molar-refractivity contribution in [1.82, 2.24) is 25.7 Å². The molecule has 0 spiro atoms. The lowest BCUT2D eigenvalue weighted by Crippen LogP contribution is -2.25. The molecule has 0 atom stereocenters. The van der Waals surface area contributed by atoms with E-state index in [0.29, 0.717) is 17.8 Å². The van der Waals surface area contributed by atoms with Crippen LogP contribution in [0.15, 0.2) is 30.5 Å². The zero-order valence-corrected chi connectivity index (χ0v) is 15.2. The highest BCUT2D eigenvalue weighted by atomic mass is 16.5. The van der Waals surface area contributed by atoms with Crippen molar-refractivity contribution < 1.29 is 9.53 Å². The number of nitrogens with one attached hydrogen (secondary N) is 3. The van der Waals surface area contributed by atoms with E-state index in [1.807, 2.05) is 38.1 Å². The van der Waals surface area contributed by atoms with Crippen molar-refractivity contribution in [3.63, 3.8) is 0 Å². The summed E-state index contributed by atoms with van der Waals surface area (Å²) in [7, 11) is 1.61. The second-order valence-corrected chi connectivity index (χ2v) is 6.16. The van der Waals surface area contributed by atoms with Crippen molar-refractivity contribution in [2.45, 2.75) is 26.7 Å². The molecule has 0 saturated heterocycles. The quantitative estimate of drug-likeness (QED) is 0.569. The number of nitrogens with zero attached hydrogens (tertiary/aromatic N) is 2. The smallest absolute Gasteiger partial charge is 0.255 e. The maximum absolute atomic E-state index is 12.5. The lowest BCUT2D eigenvalue weighted by atomic mass is 10.1. The van der Waals surface area contributed by atoms with Crippen LogP contribution in [0, 0.1) is 13.8 Å². The number of aryl methyl sites for hydroxylation is 2. The van der Waals surface area contributed by atoms with Crippen LogP contribution in [0.25, 0.3) is 11.3 Å². The van der Waals surface area contributed by atoms with Gasteiger partial charge in [0.05, 0.1) is 30.3 Å². The second kappa shape index (κ2) is 7.86. The number of benzene rings is 1. The van der Waals surface area contributed by atoms with Crippen LogP contribution in [-0.2, 0) is 6.42 Å². The number of amides is 1. The molecule has 3 rings (SSSR count). The van der Waals surface area contributed by atoms with Gasteiger partial charge in [0.15, 0.2) is 0 Å². The van der Waals surface area contributed by atoms with Crippen molar-refractivity contribution >= 4 is 5.91 Å². The van der Waals surface area contributed by atoms with Gasteiger partial charge in [-0.05, 0) is 44.4 Å². The van der Waals surface area contributed by atoms with Gasteiger partial charge in [0.25, 0.3) is 5.91 Å². The van der Waals surface area contributed by atoms with Crippen LogP contribution in [-0.4, -0.2) is 40.0 Å². The third kappa shape index (κ3) is 3.77. The molecular weight excluding hydrogens is 330 g/mol. The van der Waals surface area contributed by atoms with E-state index in [1.165, 1.54) is 5.56 Å². The number of rotatable bonds is 7. The Morgan fingerprint density at radius 2 is 2.12 bits per heavy atom. The number of aromatic amines is 2. The Morgan fingerprint density at radius 1 is 1.27 bits per heavy atom. The molecule has 26 heavy (non-hydrogen) atoms. The molecule has 3 N–H and O–H groups in total. The van der Waals surface area contributed by atoms with E-state index < -0.39 is 0 Å². The SMILES string of the molecule is COc1cccc(-c2[nH]ncc2C(=O)NCCCc2c(C)n[nH]c2C)c1. The van der Waals surface area contributed by atoms with Crippen molar-refractivity contribution in [3.05, 3.63) is 53.0 Å². The Morgan fingerprint density at radius 3 is 2.85 bits per heavy atom. The number of aromatic nitrogens is 4. The summed E-state index contributed by atoms with van der Waals surface area (Å²) in [5.74, 6) is 0.589. The molecule has 0 fully saturated rings. The molecule has 0 bridgehead atoms. The number of methoxy groups -OCH3 is 1. The summed E-state index contributed by atoms with van der Waals surface area (Å²) in [5.41, 5.74) is 5.39. The van der Waals surface area contributed by atoms with Crippen LogP contribution in [0.5, 0.6) is 5.75 Å². The normalized spacial score (nSPS) is 10.7. The van der Waals surface area contributed by atoms with E-state index in [2.05, 4.69) is 25.7 Å². The lowest BCUT2D eigenvalue weighted by Gasteiger charge is -2.07. The maximum atomic E-state index is 12.5. The molecule has 0 aliphatic rings. The van der Waals surface area contributed by atoms with E-state index in [0.717, 1.165) is 35.5 Å². The fourth-order valence-electron chi connectivity index (χ4n) is 2.96. The highest BCUT2D eigenvalue weighted by molar-refractivity contribution is 5.99. The van der Waals surface area contributed by atoms with Gasteiger partial charge >= 0.3 is 0 Å². The average Bonchev–Trinajstić information content (AvgIpc) is 3.26. The highest BCUT2D eigenvalue weighted by Gasteiger charge is 2.15. The topological polar surface area (TPSA) is 95.7 Å². The first-order chi connectivity index (χ1) is 12.6. The summed E-state index contributed by atoms with van der Waals surface area (Å²) in [6.07, 6.45) is 3.27. The molecule has 7 nitrogen and oxygen atoms in total. The summed E-state index contributed by atoms with van der Waals surface area (Å²) < 4.78 is 5.24. The molecule has 1 amide bonds. The summed E-state index contributed by atoms with van der Waals surface area (Å²) in [5, 5.41) is 17.1. The molecule has 1 aromatic carbocycles. The molecule has 2 heterocycles. The number of hydrogen-bond donors (Lipinski definition) is 3. The minimum Gasteiger partial charge on any atom is -0.497 e. The van der Waals surface area contributed by atoms with Gasteiger partial charge in [-0.15, -0.1) is 0 Å². The van der Waals surface area contributed by atoms with E-state index >= 15 is 0 Å². The molecule has 0 aliphatic carbocycles. The Hall–Kier alpha value is -3.09. The van der Waals surface area contributed by atoms with Crippen molar-refractivity contribution in [1.29, 1.82) is 0 Å². The fraction of sp³-hybridized carbons (Fsp3) is 0.316. The summed E-state index contributed by atoms with van der Waals surface area (Å²) in [6.45, 7) is 4.59. The van der Waals surface area contributed by atoms with Crippen LogP contribution in [0.2, 0.25) is 0 Å². The molecule has 0 radical (unpaired) electrons. The van der Waals surface area contributed by atoms with Crippen molar-refractivity contribution in [2.75, 3.05) is 13.7 Å². The Labute approximate surface area is 152 Å². The van der Waals surface area contributed by atoms with Gasteiger partial charge in [-0.3, -0.25) is 15.0 Å². The summed E-state index contributed by atoms with van der Waals surface area (Å²) in [6, 6.07) is 7.53. The molecular formula is C19H23N5O2. The van der Waals surface area contributed by atoms with Crippen molar-refractivity contribution in [2.24, 2.45) is 0 Å². The molecule has 0 saturated carbocycles. The van der Waals surface area contributed by atoms with Crippen LogP contribution in [0.4, 0.5) is 0 Å². The number of carbonyl (C=O) groups excluding carboxylic acids is 1. The zero-order valence-electron chi connectivity index (χ0n) is 15.2. The minimum atomic E-state index is -0.141. The van der Waals surface area contributed by atoms with E-state index in [4.69, 9.17) is 4.74 Å². The monoisotopic (exact) mass is 353 g/mol. The lowest BCUT2D eigenvalue weighted by molar-refractivity contribution is 0.0954. The van der Waals surface area contributed by atoms with Crippen LogP contribution < -0.4 is 10.1 Å². The number of hydrogen-bond acceptors (Lipinski definition) is 4. The standard InChI is InChI=1S/C19H23N5O2/c1-12-16(13(2)23-22-12)8-5-9-20-19(25)17-11-21-24-18(17)14-6-4-7-15(10-14)26-3/h4,6-7,10-11H,5,8-9H2,1-3H3,(H,20,25)(H,21,24)(H,22,23). The summed E-state index contributed by atoms with van der Waals surface area (Å²) in [4.78, 5) is 12.5. The maximum Gasteiger partial charge on any atom is 0.255 e. The number of H-pyrrole nitrogens is 2. The van der Waals surface area contributed by atoms with Gasteiger partial charge < -0.3 is 10.1 Å². The Bertz CT molecular complexity index is 877. The van der Waals surface area contributed by atoms with E-state index in [9.17, 15) is 4.79 Å². The van der Waals surface area contributed by atoms with Gasteiger partial charge in [0.2, 0.25) is 0 Å². The number of carbonyl (C=O) groups is 1. The third-order valence-corrected chi connectivity index (χ3v) is 4.41. The largest absolute Gasteiger partial charge is 0.497 e. The predicted molar refractivity (Wildman–Crippen MR) is 99.3 cm³/mol. The second-order valence-electron chi connectivity index (χ2n) is 6.16. The Kier molecular flexibility index (Phi) is 5.36. The fourth-order valence-corrected chi connectivity index (χ4v) is 2.96. The highest BCUT2D eigenvalue weighted by Crippen LogP contribution is 2.24. The first-order valence-electron chi connectivity index (χ1n) is 8.56. The molecule has 7 heteroatoms. The zero-order chi connectivity index (χ0) is 18.5. The van der Waals surface area contributed by atoms with Crippen LogP contribution in [0.1, 0.15) is 33.7 Å². The molecule has 3 aromatic rings.